The third-order valence-electron chi connectivity index (χ3n) is 2.55. The van der Waals surface area contributed by atoms with Crippen LogP contribution in [-0.2, 0) is 7.05 Å². The normalized spacial score (nSPS) is 12.4. The Balaban J connectivity index is 2.14. The maximum Gasteiger partial charge on any atom is 0.126 e. The van der Waals surface area contributed by atoms with Crippen LogP contribution in [0.15, 0.2) is 30.6 Å². The van der Waals surface area contributed by atoms with Gasteiger partial charge in [-0.2, -0.15) is 5.10 Å². The van der Waals surface area contributed by atoms with Crippen LogP contribution in [0.2, 0.25) is 0 Å². The Bertz CT molecular complexity index is 461. The first kappa shape index (κ1) is 10.7. The van der Waals surface area contributed by atoms with Crippen molar-refractivity contribution >= 4 is 5.82 Å². The number of rotatable bonds is 3. The van der Waals surface area contributed by atoms with Crippen LogP contribution in [-0.4, -0.2) is 14.8 Å². The Morgan fingerprint density at radius 1 is 1.38 bits per heavy atom. The Morgan fingerprint density at radius 3 is 2.75 bits per heavy atom. The number of hydrogen-bond acceptors (Lipinski definition) is 3. The minimum atomic E-state index is 0.212. The number of nitrogens with one attached hydrogen (secondary N) is 1. The first-order valence-electron chi connectivity index (χ1n) is 5.34. The van der Waals surface area contributed by atoms with Gasteiger partial charge in [-0.15, -0.1) is 0 Å². The van der Waals surface area contributed by atoms with Gasteiger partial charge in [-0.05, 0) is 26.0 Å². The van der Waals surface area contributed by atoms with Gasteiger partial charge in [-0.25, -0.2) is 4.98 Å². The van der Waals surface area contributed by atoms with E-state index in [1.807, 2.05) is 43.0 Å². The average molecular weight is 216 g/mol. The molecule has 0 saturated carbocycles. The zero-order chi connectivity index (χ0) is 11.5. The Labute approximate surface area is 95.3 Å². The summed E-state index contributed by atoms with van der Waals surface area (Å²) < 4.78 is 1.83. The topological polar surface area (TPSA) is 42.7 Å². The molecule has 16 heavy (non-hydrogen) atoms. The van der Waals surface area contributed by atoms with E-state index in [9.17, 15) is 0 Å². The van der Waals surface area contributed by atoms with E-state index in [4.69, 9.17) is 0 Å². The lowest BCUT2D eigenvalue weighted by molar-refractivity contribution is 0.756. The van der Waals surface area contributed by atoms with Gasteiger partial charge in [0.2, 0.25) is 0 Å². The van der Waals surface area contributed by atoms with Crippen LogP contribution in [0.1, 0.15) is 24.2 Å². The highest BCUT2D eigenvalue weighted by Gasteiger charge is 2.11. The maximum absolute atomic E-state index is 4.33. The van der Waals surface area contributed by atoms with E-state index < -0.39 is 0 Å². The van der Waals surface area contributed by atoms with Gasteiger partial charge < -0.3 is 5.32 Å². The number of anilines is 1. The van der Waals surface area contributed by atoms with Crippen LogP contribution >= 0.6 is 0 Å². The maximum atomic E-state index is 4.33. The lowest BCUT2D eigenvalue weighted by Gasteiger charge is -2.13. The molecule has 2 heterocycles. The molecule has 1 atom stereocenters. The van der Waals surface area contributed by atoms with Crippen LogP contribution < -0.4 is 5.32 Å². The number of aryl methyl sites for hydroxylation is 2. The van der Waals surface area contributed by atoms with E-state index >= 15 is 0 Å². The zero-order valence-electron chi connectivity index (χ0n) is 9.81. The molecule has 0 fully saturated rings. The lowest BCUT2D eigenvalue weighted by Crippen LogP contribution is -2.08. The minimum absolute atomic E-state index is 0.212. The molecular weight excluding hydrogens is 200 g/mol. The molecule has 0 amide bonds. The third kappa shape index (κ3) is 2.21. The molecule has 0 spiro atoms. The molecule has 0 saturated heterocycles. The van der Waals surface area contributed by atoms with Gasteiger partial charge in [-0.3, -0.25) is 4.68 Å². The molecule has 2 aromatic heterocycles. The van der Waals surface area contributed by atoms with E-state index in [0.29, 0.717) is 0 Å². The summed E-state index contributed by atoms with van der Waals surface area (Å²) in [6.07, 6.45) is 3.82. The number of hydrogen-bond donors (Lipinski definition) is 1. The van der Waals surface area contributed by atoms with Gasteiger partial charge >= 0.3 is 0 Å². The van der Waals surface area contributed by atoms with Crippen molar-refractivity contribution in [3.05, 3.63) is 41.9 Å². The predicted molar refractivity (Wildman–Crippen MR) is 64.2 cm³/mol. The highest BCUT2D eigenvalue weighted by atomic mass is 15.3. The van der Waals surface area contributed by atoms with Crippen molar-refractivity contribution in [1.82, 2.24) is 14.8 Å². The molecular formula is C12H16N4. The smallest absolute Gasteiger partial charge is 0.126 e. The summed E-state index contributed by atoms with van der Waals surface area (Å²) in [4.78, 5) is 4.24. The molecule has 0 bridgehead atoms. The second kappa shape index (κ2) is 4.35. The van der Waals surface area contributed by atoms with Crippen LogP contribution in [0, 0.1) is 6.92 Å². The van der Waals surface area contributed by atoms with Crippen LogP contribution in [0.3, 0.4) is 0 Å². The van der Waals surface area contributed by atoms with Crippen molar-refractivity contribution < 1.29 is 0 Å². The monoisotopic (exact) mass is 216 g/mol. The van der Waals surface area contributed by atoms with E-state index in [0.717, 1.165) is 11.5 Å². The van der Waals surface area contributed by atoms with E-state index in [1.165, 1.54) is 5.56 Å². The minimum Gasteiger partial charge on any atom is -0.363 e. The molecule has 4 nitrogen and oxygen atoms in total. The van der Waals surface area contributed by atoms with E-state index in [2.05, 4.69) is 22.3 Å². The molecule has 1 unspecified atom stereocenters. The Morgan fingerprint density at radius 2 is 2.19 bits per heavy atom. The van der Waals surface area contributed by atoms with Crippen molar-refractivity contribution in [2.24, 2.45) is 7.05 Å². The average Bonchev–Trinajstić information content (AvgIpc) is 2.59. The predicted octanol–water partition coefficient (Wildman–Crippen LogP) is 2.30. The summed E-state index contributed by atoms with van der Waals surface area (Å²) in [5.74, 6) is 0.887. The number of nitrogens with zero attached hydrogens (tertiary/aromatic N) is 3. The molecule has 1 N–H and O–H groups in total. The second-order valence-corrected chi connectivity index (χ2v) is 3.92. The first-order valence-corrected chi connectivity index (χ1v) is 5.34. The zero-order valence-corrected chi connectivity index (χ0v) is 9.81. The molecule has 0 aliphatic rings. The van der Waals surface area contributed by atoms with Crippen molar-refractivity contribution in [2.45, 2.75) is 19.9 Å². The van der Waals surface area contributed by atoms with Gasteiger partial charge in [0, 0.05) is 25.0 Å². The summed E-state index contributed by atoms with van der Waals surface area (Å²) in [6, 6.07) is 6.05. The van der Waals surface area contributed by atoms with Gasteiger partial charge in [0.05, 0.1) is 11.7 Å². The second-order valence-electron chi connectivity index (χ2n) is 3.92. The summed E-state index contributed by atoms with van der Waals surface area (Å²) >= 11 is 0. The van der Waals surface area contributed by atoms with E-state index in [-0.39, 0.29) is 6.04 Å². The Hall–Kier alpha value is -1.84. The van der Waals surface area contributed by atoms with Crippen molar-refractivity contribution in [3.63, 3.8) is 0 Å². The largest absolute Gasteiger partial charge is 0.363 e. The molecule has 84 valence electrons. The first-order chi connectivity index (χ1) is 7.66. The molecule has 0 aliphatic carbocycles. The van der Waals surface area contributed by atoms with Crippen molar-refractivity contribution in [3.8, 4) is 0 Å². The fourth-order valence-electron chi connectivity index (χ4n) is 1.79. The summed E-state index contributed by atoms with van der Waals surface area (Å²) in [5.41, 5.74) is 2.26. The third-order valence-corrected chi connectivity index (χ3v) is 2.55. The SMILES string of the molecule is Cc1nn(C)cc1C(C)Nc1ccccn1. The fraction of sp³-hybridized carbons (Fsp3) is 0.333. The molecule has 2 aromatic rings. The summed E-state index contributed by atoms with van der Waals surface area (Å²) in [5, 5.41) is 7.68. The molecule has 4 heteroatoms. The number of aromatic nitrogens is 3. The molecule has 0 aromatic carbocycles. The van der Waals surface area contributed by atoms with Crippen LogP contribution in [0.5, 0.6) is 0 Å². The highest BCUT2D eigenvalue weighted by molar-refractivity contribution is 5.37. The van der Waals surface area contributed by atoms with Crippen molar-refractivity contribution in [2.75, 3.05) is 5.32 Å². The summed E-state index contributed by atoms with van der Waals surface area (Å²) in [6.45, 7) is 4.13. The number of pyridine rings is 1. The van der Waals surface area contributed by atoms with Crippen molar-refractivity contribution in [1.29, 1.82) is 0 Å². The van der Waals surface area contributed by atoms with Crippen LogP contribution in [0.4, 0.5) is 5.82 Å². The Kier molecular flexibility index (Phi) is 2.90. The van der Waals surface area contributed by atoms with Gasteiger partial charge in [0.25, 0.3) is 0 Å². The molecule has 0 radical (unpaired) electrons. The lowest BCUT2D eigenvalue weighted by atomic mass is 10.1. The quantitative estimate of drug-likeness (QED) is 0.856. The molecule has 0 aliphatic heterocycles. The van der Waals surface area contributed by atoms with Gasteiger partial charge in [0.15, 0.2) is 0 Å². The fourth-order valence-corrected chi connectivity index (χ4v) is 1.79. The van der Waals surface area contributed by atoms with Crippen LogP contribution in [0.25, 0.3) is 0 Å². The standard InChI is InChI=1S/C12H16N4/c1-9(11-8-16(3)15-10(11)2)14-12-6-4-5-7-13-12/h4-9H,1-3H3,(H,13,14). The van der Waals surface area contributed by atoms with E-state index in [1.54, 1.807) is 6.20 Å². The van der Waals surface area contributed by atoms with Gasteiger partial charge in [-0.1, -0.05) is 6.07 Å². The molecule has 2 rings (SSSR count). The van der Waals surface area contributed by atoms with Gasteiger partial charge in [0.1, 0.15) is 5.82 Å². The summed E-state index contributed by atoms with van der Waals surface area (Å²) in [7, 11) is 1.93. The highest BCUT2D eigenvalue weighted by Crippen LogP contribution is 2.19.